The van der Waals surface area contributed by atoms with Crippen molar-refractivity contribution in [3.05, 3.63) is 49.6 Å². The number of benzene rings is 1. The van der Waals surface area contributed by atoms with Crippen LogP contribution in [0.25, 0.3) is 0 Å². The summed E-state index contributed by atoms with van der Waals surface area (Å²) in [5, 5.41) is 10.1. The lowest BCUT2D eigenvalue weighted by Gasteiger charge is -2.38. The summed E-state index contributed by atoms with van der Waals surface area (Å²) >= 11 is 3.68. The smallest absolute Gasteiger partial charge is 0.312 e. The number of nitrogens with zero attached hydrogens (tertiary/aromatic N) is 3. The van der Waals surface area contributed by atoms with Gasteiger partial charge < -0.3 is 29.3 Å². The van der Waals surface area contributed by atoms with Crippen molar-refractivity contribution < 1.29 is 29.0 Å². The maximum absolute atomic E-state index is 14.6. The third-order valence-corrected chi connectivity index (χ3v) is 9.48. The molecule has 1 N–H and O–H groups in total. The van der Waals surface area contributed by atoms with Gasteiger partial charge in [0, 0.05) is 35.8 Å². The first-order chi connectivity index (χ1) is 19.7. The summed E-state index contributed by atoms with van der Waals surface area (Å²) in [6.45, 7) is 15.2. The van der Waals surface area contributed by atoms with Crippen LogP contribution in [0.15, 0.2) is 49.6 Å². The lowest BCUT2D eigenvalue weighted by atomic mass is 9.70. The van der Waals surface area contributed by atoms with Gasteiger partial charge in [0.1, 0.15) is 11.6 Å². The zero-order valence-corrected chi connectivity index (χ0v) is 25.8. The summed E-state index contributed by atoms with van der Waals surface area (Å²) in [6.07, 6.45) is 4.52. The molecule has 10 heteroatoms. The first-order valence-electron chi connectivity index (χ1n) is 14.5. The van der Waals surface area contributed by atoms with Crippen LogP contribution in [-0.4, -0.2) is 89.3 Å². The zero-order valence-electron chi connectivity index (χ0n) is 24.2. The Hall–Kier alpha value is -2.69. The summed E-state index contributed by atoms with van der Waals surface area (Å²) in [6, 6.07) is 6.05. The van der Waals surface area contributed by atoms with E-state index < -0.39 is 41.6 Å². The first kappa shape index (κ1) is 31.3. The fraction of sp³-hybridized carbons (Fsp3) is 0.581. The number of hydrogen-bond acceptors (Lipinski definition) is 7. The lowest BCUT2D eigenvalue weighted by Crippen LogP contribution is -2.58. The third kappa shape index (κ3) is 5.46. The van der Waals surface area contributed by atoms with E-state index in [-0.39, 0.29) is 36.4 Å². The Morgan fingerprint density at radius 1 is 1.22 bits per heavy atom. The fourth-order valence-electron chi connectivity index (χ4n) is 6.71. The molecule has 2 bridgehead atoms. The molecule has 2 amide bonds. The van der Waals surface area contributed by atoms with Gasteiger partial charge in [-0.3, -0.25) is 14.4 Å². The number of halogens is 1. The van der Waals surface area contributed by atoms with Gasteiger partial charge in [0.15, 0.2) is 0 Å². The van der Waals surface area contributed by atoms with Crippen molar-refractivity contribution >= 4 is 45.1 Å². The number of likely N-dealkylation sites (tertiary alicyclic amines) is 1. The number of esters is 1. The number of hydrogen-bond donors (Lipinski definition) is 1. The van der Waals surface area contributed by atoms with Crippen molar-refractivity contribution in [3.63, 3.8) is 0 Å². The zero-order chi connectivity index (χ0) is 29.9. The summed E-state index contributed by atoms with van der Waals surface area (Å²) in [4.78, 5) is 47.0. The molecule has 7 atom stereocenters. The van der Waals surface area contributed by atoms with Crippen LogP contribution in [0.5, 0.6) is 0 Å². The van der Waals surface area contributed by atoms with E-state index in [0.717, 1.165) is 18.8 Å². The van der Waals surface area contributed by atoms with Gasteiger partial charge in [0.2, 0.25) is 5.91 Å². The molecule has 4 rings (SSSR count). The highest BCUT2D eigenvalue weighted by atomic mass is 79.9. The minimum atomic E-state index is -1.23. The number of alkyl halides is 1. The number of unbranched alkanes of at least 4 members (excludes halogenated alkanes) is 1. The molecule has 3 aliphatic rings. The van der Waals surface area contributed by atoms with E-state index in [1.54, 1.807) is 24.0 Å². The molecule has 1 aromatic carbocycles. The average molecular weight is 633 g/mol. The number of ether oxygens (including phenoxy) is 2. The van der Waals surface area contributed by atoms with E-state index in [4.69, 9.17) is 9.47 Å². The molecule has 0 aromatic heterocycles. The number of carbonyl (C=O) groups excluding carboxylic acids is 3. The lowest BCUT2D eigenvalue weighted by molar-refractivity contribution is -0.155. The number of rotatable bonds is 14. The van der Waals surface area contributed by atoms with Crippen molar-refractivity contribution in [2.75, 3.05) is 42.6 Å². The predicted octanol–water partition coefficient (Wildman–Crippen LogP) is 3.69. The van der Waals surface area contributed by atoms with Gasteiger partial charge in [0.05, 0.1) is 37.2 Å². The second-order valence-electron chi connectivity index (χ2n) is 11.0. The summed E-state index contributed by atoms with van der Waals surface area (Å²) < 4.78 is 12.1. The topological polar surface area (TPSA) is 99.6 Å². The van der Waals surface area contributed by atoms with Crippen LogP contribution >= 0.6 is 15.9 Å². The van der Waals surface area contributed by atoms with Crippen molar-refractivity contribution in [3.8, 4) is 0 Å². The highest BCUT2D eigenvalue weighted by molar-refractivity contribution is 9.09. The molecule has 0 saturated carbocycles. The van der Waals surface area contributed by atoms with Crippen molar-refractivity contribution in [2.24, 2.45) is 11.8 Å². The number of amides is 2. The van der Waals surface area contributed by atoms with E-state index >= 15 is 0 Å². The molecule has 224 valence electrons. The second-order valence-corrected chi connectivity index (χ2v) is 12.1. The van der Waals surface area contributed by atoms with E-state index in [1.165, 1.54) is 4.90 Å². The van der Waals surface area contributed by atoms with Crippen LogP contribution in [0.4, 0.5) is 11.4 Å². The molecular formula is C31H42BrN3O6. The van der Waals surface area contributed by atoms with Gasteiger partial charge >= 0.3 is 5.97 Å². The Kier molecular flexibility index (Phi) is 9.97. The normalized spacial score (nSPS) is 28.8. The molecule has 3 fully saturated rings. The van der Waals surface area contributed by atoms with Crippen LogP contribution in [0.1, 0.15) is 40.0 Å². The van der Waals surface area contributed by atoms with Crippen molar-refractivity contribution in [1.29, 1.82) is 0 Å². The van der Waals surface area contributed by atoms with Gasteiger partial charge in [-0.25, -0.2) is 0 Å². The summed E-state index contributed by atoms with van der Waals surface area (Å²) in [5.74, 6) is -2.93. The molecule has 3 saturated heterocycles. The number of aliphatic hydroxyl groups is 1. The molecule has 3 heterocycles. The summed E-state index contributed by atoms with van der Waals surface area (Å²) in [7, 11) is 0. The van der Waals surface area contributed by atoms with Crippen molar-refractivity contribution in [1.82, 2.24) is 4.90 Å². The Balaban J connectivity index is 1.71. The molecule has 3 unspecified atom stereocenters. The highest BCUT2D eigenvalue weighted by Gasteiger charge is 2.77. The Bertz CT molecular complexity index is 1140. The molecule has 3 aliphatic heterocycles. The molecule has 0 radical (unpaired) electrons. The van der Waals surface area contributed by atoms with Gasteiger partial charge in [-0.2, -0.15) is 0 Å². The number of aliphatic hydroxyl groups excluding tert-OH is 1. The number of anilines is 2. The Morgan fingerprint density at radius 3 is 2.46 bits per heavy atom. The van der Waals surface area contributed by atoms with E-state index in [1.807, 2.05) is 24.3 Å². The van der Waals surface area contributed by atoms with E-state index in [2.05, 4.69) is 47.8 Å². The highest BCUT2D eigenvalue weighted by Crippen LogP contribution is 2.60. The maximum atomic E-state index is 14.6. The number of carbonyl (C=O) groups is 3. The maximum Gasteiger partial charge on any atom is 0.312 e. The second kappa shape index (κ2) is 13.1. The molecule has 9 nitrogen and oxygen atoms in total. The van der Waals surface area contributed by atoms with E-state index in [0.29, 0.717) is 24.9 Å². The fourth-order valence-corrected chi connectivity index (χ4v) is 7.65. The molecule has 1 spiro atoms. The third-order valence-electron chi connectivity index (χ3n) is 8.64. The first-order valence-corrected chi connectivity index (χ1v) is 15.4. The van der Waals surface area contributed by atoms with Gasteiger partial charge in [-0.15, -0.1) is 13.2 Å². The predicted molar refractivity (Wildman–Crippen MR) is 162 cm³/mol. The molecular weight excluding hydrogens is 590 g/mol. The largest absolute Gasteiger partial charge is 0.465 e. The van der Waals surface area contributed by atoms with Crippen molar-refractivity contribution in [2.45, 2.75) is 68.6 Å². The van der Waals surface area contributed by atoms with Crippen LogP contribution in [0, 0.1) is 11.8 Å². The Morgan fingerprint density at radius 2 is 1.88 bits per heavy atom. The van der Waals surface area contributed by atoms with Crippen LogP contribution in [0.2, 0.25) is 0 Å². The average Bonchev–Trinajstić information content (AvgIpc) is 3.57. The SMILES string of the molecule is C=CCCCOC(=O)[C@H]1[C@@H]2OC3(CC2Br)C(C(=O)N(CC=C)c2ccc(N(CC)CC)cc2)N([C@H](C)CO)C(=O)[C@H]13. The summed E-state index contributed by atoms with van der Waals surface area (Å²) in [5.41, 5.74) is 0.474. The van der Waals surface area contributed by atoms with Crippen LogP contribution in [-0.2, 0) is 23.9 Å². The molecule has 41 heavy (non-hydrogen) atoms. The minimum absolute atomic E-state index is 0.213. The number of fused-ring (bicyclic) bond motifs is 1. The minimum Gasteiger partial charge on any atom is -0.465 e. The quantitative estimate of drug-likeness (QED) is 0.145. The monoisotopic (exact) mass is 631 g/mol. The van der Waals surface area contributed by atoms with Gasteiger partial charge in [-0.1, -0.05) is 28.1 Å². The van der Waals surface area contributed by atoms with Crippen LogP contribution < -0.4 is 9.80 Å². The molecule has 1 aromatic rings. The molecule has 0 aliphatic carbocycles. The van der Waals surface area contributed by atoms with E-state index in [9.17, 15) is 19.5 Å². The van der Waals surface area contributed by atoms with Gasteiger partial charge in [-0.05, 0) is 64.3 Å². The number of allylic oxidation sites excluding steroid dienone is 1. The Labute approximate surface area is 251 Å². The standard InChI is InChI=1S/C31H42BrN3O6/c1-6-10-11-17-40-30(39)24-25-28(37)35(20(5)19-36)27(31(25)18-23(32)26(24)41-31)29(38)34(16-7-2)22-14-12-21(13-15-22)33(8-3)9-4/h6-7,12-15,20,23-27,36H,1-2,8-11,16-19H2,3-5H3/t20-,23?,24-,25+,26-,27?,31?/m1/s1. The van der Waals surface area contributed by atoms with Crippen LogP contribution in [0.3, 0.4) is 0 Å². The van der Waals surface area contributed by atoms with Gasteiger partial charge in [0.25, 0.3) is 5.91 Å².